The Labute approximate surface area is 110 Å². The molecule has 2 rings (SSSR count). The van der Waals surface area contributed by atoms with E-state index in [4.69, 9.17) is 5.73 Å². The van der Waals surface area contributed by atoms with E-state index in [2.05, 4.69) is 13.8 Å². The second-order valence-corrected chi connectivity index (χ2v) is 6.20. The Morgan fingerprint density at radius 3 is 2.61 bits per heavy atom. The molecule has 1 amide bonds. The first kappa shape index (κ1) is 13.8. The van der Waals surface area contributed by atoms with E-state index in [1.807, 2.05) is 4.90 Å². The summed E-state index contributed by atoms with van der Waals surface area (Å²) in [5, 5.41) is 9.43. The zero-order chi connectivity index (χ0) is 13.3. The molecule has 0 radical (unpaired) electrons. The van der Waals surface area contributed by atoms with Crippen LogP contribution in [0.25, 0.3) is 0 Å². The Bertz CT molecular complexity index is 308. The van der Waals surface area contributed by atoms with Gasteiger partial charge in [0.1, 0.15) is 0 Å². The number of hydrogen-bond acceptors (Lipinski definition) is 3. The molecular weight excluding hydrogens is 228 g/mol. The number of amides is 1. The van der Waals surface area contributed by atoms with Crippen LogP contribution in [0.4, 0.5) is 0 Å². The number of nitrogens with two attached hydrogens (primary N) is 1. The van der Waals surface area contributed by atoms with Gasteiger partial charge in [-0.15, -0.1) is 0 Å². The van der Waals surface area contributed by atoms with E-state index in [1.165, 1.54) is 0 Å². The van der Waals surface area contributed by atoms with Gasteiger partial charge in [0, 0.05) is 18.5 Å². The third-order valence-corrected chi connectivity index (χ3v) is 4.96. The predicted molar refractivity (Wildman–Crippen MR) is 70.8 cm³/mol. The monoisotopic (exact) mass is 254 g/mol. The second kappa shape index (κ2) is 5.57. The standard InChI is InChI=1S/C14H26N2O2/c1-9-3-4-11(7-12(9)15)14(18)16-6-5-10(2)13(16)8-17/h9-13,17H,3-8,15H2,1-2H3. The summed E-state index contributed by atoms with van der Waals surface area (Å²) >= 11 is 0. The minimum absolute atomic E-state index is 0.0214. The number of aliphatic hydroxyl groups is 1. The topological polar surface area (TPSA) is 66.6 Å². The van der Waals surface area contributed by atoms with Gasteiger partial charge in [-0.05, 0) is 37.5 Å². The summed E-state index contributed by atoms with van der Waals surface area (Å²) in [6, 6.07) is 0.174. The molecule has 5 unspecified atom stereocenters. The maximum absolute atomic E-state index is 12.5. The Balaban J connectivity index is 1.99. The molecule has 0 aromatic heterocycles. The quantitative estimate of drug-likeness (QED) is 0.772. The van der Waals surface area contributed by atoms with Gasteiger partial charge in [-0.1, -0.05) is 13.8 Å². The van der Waals surface area contributed by atoms with Crippen LogP contribution in [-0.2, 0) is 4.79 Å². The molecule has 104 valence electrons. The van der Waals surface area contributed by atoms with Crippen molar-refractivity contribution < 1.29 is 9.90 Å². The Kier molecular flexibility index (Phi) is 4.28. The highest BCUT2D eigenvalue weighted by atomic mass is 16.3. The molecule has 18 heavy (non-hydrogen) atoms. The van der Waals surface area contributed by atoms with Crippen molar-refractivity contribution in [3.05, 3.63) is 0 Å². The van der Waals surface area contributed by atoms with E-state index < -0.39 is 0 Å². The third-order valence-electron chi connectivity index (χ3n) is 4.96. The number of aliphatic hydroxyl groups excluding tert-OH is 1. The normalized spacial score (nSPS) is 41.1. The molecule has 3 N–H and O–H groups in total. The van der Waals surface area contributed by atoms with Crippen LogP contribution in [0.2, 0.25) is 0 Å². The minimum Gasteiger partial charge on any atom is -0.394 e. The number of hydrogen-bond donors (Lipinski definition) is 2. The molecule has 0 aromatic rings. The summed E-state index contributed by atoms with van der Waals surface area (Å²) in [5.41, 5.74) is 6.08. The lowest BCUT2D eigenvalue weighted by atomic mass is 9.79. The van der Waals surface area contributed by atoms with Crippen molar-refractivity contribution >= 4 is 5.91 Å². The van der Waals surface area contributed by atoms with Crippen molar-refractivity contribution in [2.75, 3.05) is 13.2 Å². The molecule has 5 atom stereocenters. The second-order valence-electron chi connectivity index (χ2n) is 6.20. The fraction of sp³-hybridized carbons (Fsp3) is 0.929. The summed E-state index contributed by atoms with van der Waals surface area (Å²) in [6.07, 6.45) is 3.82. The maximum atomic E-state index is 12.5. The van der Waals surface area contributed by atoms with Gasteiger partial charge in [-0.3, -0.25) is 4.79 Å². The maximum Gasteiger partial charge on any atom is 0.226 e. The van der Waals surface area contributed by atoms with Gasteiger partial charge in [-0.25, -0.2) is 0 Å². The van der Waals surface area contributed by atoms with Crippen molar-refractivity contribution in [3.63, 3.8) is 0 Å². The molecule has 0 spiro atoms. The van der Waals surface area contributed by atoms with Crippen LogP contribution >= 0.6 is 0 Å². The van der Waals surface area contributed by atoms with Gasteiger partial charge < -0.3 is 15.7 Å². The van der Waals surface area contributed by atoms with Gasteiger partial charge in [0.05, 0.1) is 12.6 Å². The summed E-state index contributed by atoms with van der Waals surface area (Å²) in [5.74, 6) is 1.24. The lowest BCUT2D eigenvalue weighted by Crippen LogP contribution is -2.46. The number of rotatable bonds is 2. The number of likely N-dealkylation sites (tertiary alicyclic amines) is 1. The average Bonchev–Trinajstić information content (AvgIpc) is 2.73. The molecule has 1 aliphatic carbocycles. The third kappa shape index (κ3) is 2.54. The van der Waals surface area contributed by atoms with E-state index in [1.54, 1.807) is 0 Å². The minimum atomic E-state index is 0.0214. The molecule has 1 saturated carbocycles. The molecule has 2 fully saturated rings. The van der Waals surface area contributed by atoms with E-state index >= 15 is 0 Å². The molecule has 0 bridgehead atoms. The van der Waals surface area contributed by atoms with E-state index in [0.717, 1.165) is 32.2 Å². The average molecular weight is 254 g/mol. The van der Waals surface area contributed by atoms with Crippen LogP contribution in [-0.4, -0.2) is 41.1 Å². The first-order chi connectivity index (χ1) is 8.54. The summed E-state index contributed by atoms with van der Waals surface area (Å²) < 4.78 is 0. The number of carbonyl (C=O) groups excluding carboxylic acids is 1. The highest BCUT2D eigenvalue weighted by Crippen LogP contribution is 2.32. The van der Waals surface area contributed by atoms with Gasteiger partial charge in [0.2, 0.25) is 5.91 Å². The molecule has 1 heterocycles. The van der Waals surface area contributed by atoms with Crippen LogP contribution in [0.5, 0.6) is 0 Å². The molecule has 1 aliphatic heterocycles. The van der Waals surface area contributed by atoms with Gasteiger partial charge >= 0.3 is 0 Å². The van der Waals surface area contributed by atoms with Crippen LogP contribution < -0.4 is 5.73 Å². The fourth-order valence-electron chi connectivity index (χ4n) is 3.38. The lowest BCUT2D eigenvalue weighted by molar-refractivity contribution is -0.139. The summed E-state index contributed by atoms with van der Waals surface area (Å²) in [4.78, 5) is 14.4. The van der Waals surface area contributed by atoms with E-state index in [0.29, 0.717) is 11.8 Å². The summed E-state index contributed by atoms with van der Waals surface area (Å²) in [6.45, 7) is 5.16. The predicted octanol–water partition coefficient (Wildman–Crippen LogP) is 0.979. The molecule has 2 aliphatic rings. The summed E-state index contributed by atoms with van der Waals surface area (Å²) in [7, 11) is 0. The van der Waals surface area contributed by atoms with Crippen LogP contribution in [0, 0.1) is 17.8 Å². The Morgan fingerprint density at radius 2 is 2.00 bits per heavy atom. The first-order valence-electron chi connectivity index (χ1n) is 7.21. The van der Waals surface area contributed by atoms with Gasteiger partial charge in [0.25, 0.3) is 0 Å². The van der Waals surface area contributed by atoms with Crippen LogP contribution in [0.15, 0.2) is 0 Å². The van der Waals surface area contributed by atoms with Crippen molar-refractivity contribution in [2.45, 2.75) is 51.6 Å². The fourth-order valence-corrected chi connectivity index (χ4v) is 3.38. The van der Waals surface area contributed by atoms with E-state index in [-0.39, 0.29) is 30.5 Å². The molecule has 4 nitrogen and oxygen atoms in total. The van der Waals surface area contributed by atoms with Crippen molar-refractivity contribution in [2.24, 2.45) is 23.5 Å². The lowest BCUT2D eigenvalue weighted by Gasteiger charge is -2.35. The Morgan fingerprint density at radius 1 is 1.28 bits per heavy atom. The number of carbonyl (C=O) groups is 1. The van der Waals surface area contributed by atoms with Crippen LogP contribution in [0.1, 0.15) is 39.5 Å². The highest BCUT2D eigenvalue weighted by Gasteiger charge is 2.38. The van der Waals surface area contributed by atoms with Crippen molar-refractivity contribution in [1.82, 2.24) is 4.90 Å². The molecule has 4 heteroatoms. The van der Waals surface area contributed by atoms with E-state index in [9.17, 15) is 9.90 Å². The van der Waals surface area contributed by atoms with Crippen LogP contribution in [0.3, 0.4) is 0 Å². The highest BCUT2D eigenvalue weighted by molar-refractivity contribution is 5.79. The molecular formula is C14H26N2O2. The zero-order valence-electron chi connectivity index (χ0n) is 11.5. The van der Waals surface area contributed by atoms with Gasteiger partial charge in [-0.2, -0.15) is 0 Å². The Hall–Kier alpha value is -0.610. The zero-order valence-corrected chi connectivity index (χ0v) is 11.5. The molecule has 1 saturated heterocycles. The van der Waals surface area contributed by atoms with Crippen molar-refractivity contribution in [1.29, 1.82) is 0 Å². The van der Waals surface area contributed by atoms with Gasteiger partial charge in [0.15, 0.2) is 0 Å². The first-order valence-corrected chi connectivity index (χ1v) is 7.21. The number of nitrogens with zero attached hydrogens (tertiary/aromatic N) is 1. The van der Waals surface area contributed by atoms with Crippen molar-refractivity contribution in [3.8, 4) is 0 Å². The smallest absolute Gasteiger partial charge is 0.226 e. The molecule has 0 aromatic carbocycles. The largest absolute Gasteiger partial charge is 0.394 e. The SMILES string of the molecule is CC1CCC(C(=O)N2CCC(C)C2CO)CC1N.